The Hall–Kier alpha value is -1.88. The summed E-state index contributed by atoms with van der Waals surface area (Å²) in [7, 11) is 0. The summed E-state index contributed by atoms with van der Waals surface area (Å²) in [6, 6.07) is 0. The first-order chi connectivity index (χ1) is 8.20. The minimum absolute atomic E-state index is 0.750. The highest BCUT2D eigenvalue weighted by atomic mass is 16.5. The molecule has 0 aliphatic carbocycles. The molecule has 90 valence electrons. The molecule has 0 bridgehead atoms. The van der Waals surface area contributed by atoms with Crippen molar-refractivity contribution >= 4 is 6.20 Å². The molecule has 1 N–H and O–H groups in total. The minimum atomic E-state index is 0.750. The number of hydrogen-bond donors (Lipinski definition) is 1. The third-order valence-corrected chi connectivity index (χ3v) is 2.65. The van der Waals surface area contributed by atoms with E-state index in [2.05, 4.69) is 22.2 Å². The van der Waals surface area contributed by atoms with Crippen LogP contribution in [-0.4, -0.2) is 14.9 Å². The molecule has 2 rings (SSSR count). The Kier molecular flexibility index (Phi) is 3.39. The lowest BCUT2D eigenvalue weighted by molar-refractivity contribution is 0.392. The first kappa shape index (κ1) is 11.6. The first-order valence-electron chi connectivity index (χ1n) is 5.48. The van der Waals surface area contributed by atoms with Gasteiger partial charge >= 0.3 is 0 Å². The van der Waals surface area contributed by atoms with E-state index in [-0.39, 0.29) is 0 Å². The summed E-state index contributed by atoms with van der Waals surface area (Å²) in [5.74, 6) is 0.872. The van der Waals surface area contributed by atoms with Gasteiger partial charge in [0.15, 0.2) is 0 Å². The summed E-state index contributed by atoms with van der Waals surface area (Å²) < 4.78 is 6.79. The molecule has 0 radical (unpaired) electrons. The number of nitrogens with zero attached hydrogens (tertiary/aromatic N) is 3. The van der Waals surface area contributed by atoms with Gasteiger partial charge in [-0.25, -0.2) is 4.68 Å². The van der Waals surface area contributed by atoms with Crippen molar-refractivity contribution < 1.29 is 4.52 Å². The van der Waals surface area contributed by atoms with E-state index in [1.807, 2.05) is 26.2 Å². The number of hydrogen-bond acceptors (Lipinski definition) is 4. The Balaban J connectivity index is 1.89. The van der Waals surface area contributed by atoms with Gasteiger partial charge in [0.05, 0.1) is 11.9 Å². The number of rotatable bonds is 5. The van der Waals surface area contributed by atoms with Crippen molar-refractivity contribution in [3.05, 3.63) is 41.6 Å². The van der Waals surface area contributed by atoms with Crippen molar-refractivity contribution in [2.75, 3.05) is 0 Å². The lowest BCUT2D eigenvalue weighted by Crippen LogP contribution is -2.13. The van der Waals surface area contributed by atoms with Crippen LogP contribution < -0.4 is 5.32 Å². The lowest BCUT2D eigenvalue weighted by Gasteiger charge is -2.01. The van der Waals surface area contributed by atoms with Crippen molar-refractivity contribution in [2.45, 2.75) is 26.9 Å². The van der Waals surface area contributed by atoms with Crippen LogP contribution >= 0.6 is 0 Å². The molecule has 0 saturated heterocycles. The highest BCUT2D eigenvalue weighted by Gasteiger charge is 2.07. The summed E-state index contributed by atoms with van der Waals surface area (Å²) in [5, 5.41) is 11.4. The zero-order valence-corrected chi connectivity index (χ0v) is 10.1. The highest BCUT2D eigenvalue weighted by Crippen LogP contribution is 2.11. The molecule has 5 nitrogen and oxygen atoms in total. The van der Waals surface area contributed by atoms with E-state index in [0.717, 1.165) is 35.7 Å². The average Bonchev–Trinajstić information content (AvgIpc) is 2.90. The van der Waals surface area contributed by atoms with Crippen molar-refractivity contribution in [1.29, 1.82) is 0 Å². The molecule has 5 heteroatoms. The molecule has 0 fully saturated rings. The summed E-state index contributed by atoms with van der Waals surface area (Å²) >= 11 is 0. The van der Waals surface area contributed by atoms with Gasteiger partial charge in [-0.1, -0.05) is 11.7 Å². The Morgan fingerprint density at radius 1 is 1.47 bits per heavy atom. The van der Waals surface area contributed by atoms with E-state index in [4.69, 9.17) is 4.52 Å². The second kappa shape index (κ2) is 4.97. The van der Waals surface area contributed by atoms with E-state index in [9.17, 15) is 0 Å². The molecule has 0 aromatic carbocycles. The van der Waals surface area contributed by atoms with Crippen LogP contribution in [0.3, 0.4) is 0 Å². The van der Waals surface area contributed by atoms with Crippen LogP contribution in [0.25, 0.3) is 6.20 Å². The predicted octanol–water partition coefficient (Wildman–Crippen LogP) is 1.88. The van der Waals surface area contributed by atoms with Gasteiger partial charge in [0.2, 0.25) is 0 Å². The van der Waals surface area contributed by atoms with Crippen molar-refractivity contribution in [2.24, 2.45) is 0 Å². The molecule has 17 heavy (non-hydrogen) atoms. The van der Waals surface area contributed by atoms with Gasteiger partial charge in [0.1, 0.15) is 5.76 Å². The van der Waals surface area contributed by atoms with Crippen LogP contribution in [0, 0.1) is 13.8 Å². The van der Waals surface area contributed by atoms with Crippen molar-refractivity contribution in [3.63, 3.8) is 0 Å². The molecule has 2 aromatic rings. The molecule has 0 amide bonds. The smallest absolute Gasteiger partial charge is 0.138 e. The van der Waals surface area contributed by atoms with E-state index in [0.29, 0.717) is 0 Å². The van der Waals surface area contributed by atoms with E-state index >= 15 is 0 Å². The van der Waals surface area contributed by atoms with Gasteiger partial charge in [-0.3, -0.25) is 0 Å². The molecule has 0 spiro atoms. The van der Waals surface area contributed by atoms with E-state index in [1.165, 1.54) is 0 Å². The average molecular weight is 232 g/mol. The fourth-order valence-corrected chi connectivity index (χ4v) is 1.65. The molecule has 0 unspecified atom stereocenters. The molecular weight excluding hydrogens is 216 g/mol. The molecule has 0 aliphatic rings. The summed E-state index contributed by atoms with van der Waals surface area (Å²) in [6.45, 7) is 9.03. The molecule has 0 saturated carbocycles. The maximum Gasteiger partial charge on any atom is 0.138 e. The quantitative estimate of drug-likeness (QED) is 0.855. The Morgan fingerprint density at radius 2 is 2.29 bits per heavy atom. The molecule has 2 aromatic heterocycles. The standard InChI is InChI=1S/C12H16N4O/c1-4-16-8-11(6-14-16)5-13-7-12-9(2)15-17-10(12)3/h4,6,8,13H,1,5,7H2,2-3H3. The molecule has 0 atom stereocenters. The number of nitrogens with one attached hydrogen (secondary N) is 1. The van der Waals surface area contributed by atoms with Crippen LogP contribution in [-0.2, 0) is 13.1 Å². The number of aryl methyl sites for hydroxylation is 2. The van der Waals surface area contributed by atoms with Crippen LogP contribution in [0.5, 0.6) is 0 Å². The van der Waals surface area contributed by atoms with E-state index in [1.54, 1.807) is 10.9 Å². The van der Waals surface area contributed by atoms with Crippen molar-refractivity contribution in [1.82, 2.24) is 20.3 Å². The largest absolute Gasteiger partial charge is 0.361 e. The SMILES string of the molecule is C=Cn1cc(CNCc2c(C)noc2C)cn1. The van der Waals surface area contributed by atoms with Gasteiger partial charge in [-0.05, 0) is 13.8 Å². The topological polar surface area (TPSA) is 55.9 Å². The van der Waals surface area contributed by atoms with Gasteiger partial charge < -0.3 is 9.84 Å². The maximum absolute atomic E-state index is 5.10. The molecule has 0 aliphatic heterocycles. The number of aromatic nitrogens is 3. The summed E-state index contributed by atoms with van der Waals surface area (Å²) in [6.07, 6.45) is 5.42. The second-order valence-corrected chi connectivity index (χ2v) is 3.92. The minimum Gasteiger partial charge on any atom is -0.361 e. The fourth-order valence-electron chi connectivity index (χ4n) is 1.65. The van der Waals surface area contributed by atoms with Gasteiger partial charge in [-0.15, -0.1) is 0 Å². The maximum atomic E-state index is 5.10. The fraction of sp³-hybridized carbons (Fsp3) is 0.333. The first-order valence-corrected chi connectivity index (χ1v) is 5.48. The summed E-state index contributed by atoms with van der Waals surface area (Å²) in [5.41, 5.74) is 3.19. The van der Waals surface area contributed by atoms with Crippen LogP contribution in [0.15, 0.2) is 23.5 Å². The zero-order valence-electron chi connectivity index (χ0n) is 10.1. The molecule has 2 heterocycles. The molecular formula is C12H16N4O. The predicted molar refractivity (Wildman–Crippen MR) is 65.1 cm³/mol. The van der Waals surface area contributed by atoms with Crippen molar-refractivity contribution in [3.8, 4) is 0 Å². The van der Waals surface area contributed by atoms with Crippen LogP contribution in [0.4, 0.5) is 0 Å². The third kappa shape index (κ3) is 2.62. The lowest BCUT2D eigenvalue weighted by atomic mass is 10.2. The Bertz CT molecular complexity index is 493. The van der Waals surface area contributed by atoms with Crippen LogP contribution in [0.1, 0.15) is 22.6 Å². The highest BCUT2D eigenvalue weighted by molar-refractivity contribution is 5.21. The third-order valence-electron chi connectivity index (χ3n) is 2.65. The normalized spacial score (nSPS) is 10.7. The van der Waals surface area contributed by atoms with Crippen LogP contribution in [0.2, 0.25) is 0 Å². The zero-order chi connectivity index (χ0) is 12.3. The monoisotopic (exact) mass is 232 g/mol. The summed E-state index contributed by atoms with van der Waals surface area (Å²) in [4.78, 5) is 0. The van der Waals surface area contributed by atoms with Gasteiger partial charge in [0, 0.05) is 36.6 Å². The Labute approximate surface area is 100 Å². The van der Waals surface area contributed by atoms with E-state index < -0.39 is 0 Å². The Morgan fingerprint density at radius 3 is 2.88 bits per heavy atom. The van der Waals surface area contributed by atoms with Gasteiger partial charge in [0.25, 0.3) is 0 Å². The van der Waals surface area contributed by atoms with Gasteiger partial charge in [-0.2, -0.15) is 5.10 Å². The second-order valence-electron chi connectivity index (χ2n) is 3.92.